The van der Waals surface area contributed by atoms with Gasteiger partial charge in [0.25, 0.3) is 0 Å². The van der Waals surface area contributed by atoms with Crippen LogP contribution in [0.4, 0.5) is 0 Å². The fraction of sp³-hybridized carbons (Fsp3) is 0.389. The number of nitrogens with one attached hydrogen (secondary N) is 1. The fourth-order valence-corrected chi connectivity index (χ4v) is 3.46. The molecule has 0 aliphatic carbocycles. The molecule has 122 valence electrons. The first kappa shape index (κ1) is 16.2. The maximum atomic E-state index is 12.9. The van der Waals surface area contributed by atoms with Gasteiger partial charge in [-0.1, -0.05) is 36.4 Å². The third kappa shape index (κ3) is 4.41. The van der Waals surface area contributed by atoms with Gasteiger partial charge in [-0.15, -0.1) is 11.3 Å². The first-order valence-electron chi connectivity index (χ1n) is 7.99. The average Bonchev–Trinajstić information content (AvgIpc) is 3.13. The molecule has 1 N–H and O–H groups in total. The van der Waals surface area contributed by atoms with Crippen molar-refractivity contribution in [3.63, 3.8) is 0 Å². The Morgan fingerprint density at radius 3 is 2.65 bits per heavy atom. The summed E-state index contributed by atoms with van der Waals surface area (Å²) in [5.74, 6) is 0.0486. The van der Waals surface area contributed by atoms with Gasteiger partial charge in [-0.3, -0.25) is 4.79 Å². The van der Waals surface area contributed by atoms with E-state index < -0.39 is 0 Å². The van der Waals surface area contributed by atoms with E-state index in [1.165, 1.54) is 4.88 Å². The van der Waals surface area contributed by atoms with Crippen molar-refractivity contribution in [1.82, 2.24) is 10.2 Å². The number of morpholine rings is 1. The van der Waals surface area contributed by atoms with Crippen LogP contribution in [0.5, 0.6) is 0 Å². The summed E-state index contributed by atoms with van der Waals surface area (Å²) >= 11 is 1.73. The topological polar surface area (TPSA) is 41.6 Å². The number of ether oxygens (including phenoxy) is 1. The summed E-state index contributed by atoms with van der Waals surface area (Å²) in [5.41, 5.74) is 1.07. The molecule has 1 atom stereocenters. The summed E-state index contributed by atoms with van der Waals surface area (Å²) < 4.78 is 5.36. The van der Waals surface area contributed by atoms with E-state index in [-0.39, 0.29) is 11.8 Å². The number of carbonyl (C=O) groups is 1. The van der Waals surface area contributed by atoms with Gasteiger partial charge in [0.05, 0.1) is 19.1 Å². The number of hydrogen-bond donors (Lipinski definition) is 1. The SMILES string of the molecule is O=C([C@@H](CNCc1cccs1)c1ccccc1)N1CCOCC1. The van der Waals surface area contributed by atoms with E-state index in [4.69, 9.17) is 4.74 Å². The molecule has 0 saturated carbocycles. The number of carbonyl (C=O) groups excluding carboxylic acids is 1. The zero-order chi connectivity index (χ0) is 15.9. The molecular weight excluding hydrogens is 308 g/mol. The van der Waals surface area contributed by atoms with Crippen molar-refractivity contribution < 1.29 is 9.53 Å². The zero-order valence-electron chi connectivity index (χ0n) is 13.1. The van der Waals surface area contributed by atoms with Crippen LogP contribution in [0, 0.1) is 0 Å². The Balaban J connectivity index is 1.67. The van der Waals surface area contributed by atoms with Crippen molar-refractivity contribution in [3.05, 3.63) is 58.3 Å². The Morgan fingerprint density at radius 2 is 1.96 bits per heavy atom. The molecule has 23 heavy (non-hydrogen) atoms. The van der Waals surface area contributed by atoms with Gasteiger partial charge in [-0.2, -0.15) is 0 Å². The van der Waals surface area contributed by atoms with Crippen molar-refractivity contribution >= 4 is 17.2 Å². The molecule has 0 radical (unpaired) electrons. The number of thiophene rings is 1. The maximum absolute atomic E-state index is 12.9. The van der Waals surface area contributed by atoms with Crippen LogP contribution in [0.3, 0.4) is 0 Å². The third-order valence-corrected chi connectivity index (χ3v) is 4.93. The van der Waals surface area contributed by atoms with Gasteiger partial charge in [0.15, 0.2) is 0 Å². The maximum Gasteiger partial charge on any atom is 0.231 e. The highest BCUT2D eigenvalue weighted by Crippen LogP contribution is 2.19. The van der Waals surface area contributed by atoms with E-state index in [9.17, 15) is 4.79 Å². The largest absolute Gasteiger partial charge is 0.378 e. The van der Waals surface area contributed by atoms with Gasteiger partial charge in [0.2, 0.25) is 5.91 Å². The highest BCUT2D eigenvalue weighted by molar-refractivity contribution is 7.09. The summed E-state index contributed by atoms with van der Waals surface area (Å²) in [6.07, 6.45) is 0. The van der Waals surface area contributed by atoms with Crippen LogP contribution in [0.15, 0.2) is 47.8 Å². The summed E-state index contributed by atoms with van der Waals surface area (Å²) in [7, 11) is 0. The zero-order valence-corrected chi connectivity index (χ0v) is 13.9. The van der Waals surface area contributed by atoms with E-state index >= 15 is 0 Å². The summed E-state index contributed by atoms with van der Waals surface area (Å²) in [6, 6.07) is 14.2. The van der Waals surface area contributed by atoms with E-state index in [0.29, 0.717) is 32.8 Å². The average molecular weight is 330 g/mol. The molecule has 0 unspecified atom stereocenters. The van der Waals surface area contributed by atoms with Gasteiger partial charge in [-0.05, 0) is 17.0 Å². The quantitative estimate of drug-likeness (QED) is 0.885. The minimum atomic E-state index is -0.144. The number of amides is 1. The number of nitrogens with zero attached hydrogens (tertiary/aromatic N) is 1. The van der Waals surface area contributed by atoms with Crippen LogP contribution < -0.4 is 5.32 Å². The van der Waals surface area contributed by atoms with E-state index in [1.54, 1.807) is 11.3 Å². The second-order valence-electron chi connectivity index (χ2n) is 5.61. The summed E-state index contributed by atoms with van der Waals surface area (Å²) in [6.45, 7) is 4.10. The lowest BCUT2D eigenvalue weighted by molar-refractivity contribution is -0.136. The highest BCUT2D eigenvalue weighted by atomic mass is 32.1. The highest BCUT2D eigenvalue weighted by Gasteiger charge is 2.26. The number of rotatable bonds is 6. The molecule has 2 heterocycles. The lowest BCUT2D eigenvalue weighted by atomic mass is 9.97. The van der Waals surface area contributed by atoms with Gasteiger partial charge in [0, 0.05) is 31.1 Å². The third-order valence-electron chi connectivity index (χ3n) is 4.05. The molecule has 1 fully saturated rings. The van der Waals surface area contributed by atoms with Crippen molar-refractivity contribution in [2.24, 2.45) is 0 Å². The lowest BCUT2D eigenvalue weighted by Crippen LogP contribution is -2.45. The second kappa shape index (κ2) is 8.24. The van der Waals surface area contributed by atoms with Crippen LogP contribution in [-0.2, 0) is 16.1 Å². The minimum Gasteiger partial charge on any atom is -0.378 e. The Labute approximate surface area is 141 Å². The van der Waals surface area contributed by atoms with E-state index in [2.05, 4.69) is 22.8 Å². The van der Waals surface area contributed by atoms with Crippen molar-refractivity contribution in [2.75, 3.05) is 32.8 Å². The monoisotopic (exact) mass is 330 g/mol. The molecule has 1 aliphatic rings. The number of benzene rings is 1. The molecule has 4 nitrogen and oxygen atoms in total. The molecular formula is C18H22N2O2S. The second-order valence-corrected chi connectivity index (χ2v) is 6.64. The molecule has 2 aromatic rings. The van der Waals surface area contributed by atoms with Crippen LogP contribution >= 0.6 is 11.3 Å². The smallest absolute Gasteiger partial charge is 0.231 e. The Bertz CT molecular complexity index is 595. The molecule has 0 spiro atoms. The Morgan fingerprint density at radius 1 is 1.17 bits per heavy atom. The van der Waals surface area contributed by atoms with E-state index in [1.807, 2.05) is 35.2 Å². The molecule has 5 heteroatoms. The number of hydrogen-bond acceptors (Lipinski definition) is 4. The molecule has 1 aliphatic heterocycles. The van der Waals surface area contributed by atoms with Gasteiger partial charge in [0.1, 0.15) is 0 Å². The van der Waals surface area contributed by atoms with Gasteiger partial charge in [-0.25, -0.2) is 0 Å². The minimum absolute atomic E-state index is 0.144. The molecule has 1 aromatic heterocycles. The molecule has 1 saturated heterocycles. The summed E-state index contributed by atoms with van der Waals surface area (Å²) in [5, 5.41) is 5.51. The first-order valence-corrected chi connectivity index (χ1v) is 8.87. The van der Waals surface area contributed by atoms with Crippen molar-refractivity contribution in [1.29, 1.82) is 0 Å². The van der Waals surface area contributed by atoms with Crippen LogP contribution in [0.1, 0.15) is 16.4 Å². The molecule has 1 aromatic carbocycles. The van der Waals surface area contributed by atoms with Crippen LogP contribution in [-0.4, -0.2) is 43.7 Å². The van der Waals surface area contributed by atoms with Crippen molar-refractivity contribution in [2.45, 2.75) is 12.5 Å². The predicted molar refractivity (Wildman–Crippen MR) is 92.6 cm³/mol. The standard InChI is InChI=1S/C18H22N2O2S/c21-18(20-8-10-22-11-9-20)17(15-5-2-1-3-6-15)14-19-13-16-7-4-12-23-16/h1-7,12,17,19H,8-11,13-14H2/t17-/m0/s1. The first-order chi connectivity index (χ1) is 11.3. The summed E-state index contributed by atoms with van der Waals surface area (Å²) in [4.78, 5) is 16.1. The fourth-order valence-electron chi connectivity index (χ4n) is 2.79. The Hall–Kier alpha value is -1.69. The molecule has 1 amide bonds. The van der Waals surface area contributed by atoms with Crippen molar-refractivity contribution in [3.8, 4) is 0 Å². The predicted octanol–water partition coefficient (Wildman–Crippen LogP) is 2.48. The van der Waals surface area contributed by atoms with Gasteiger partial charge >= 0.3 is 0 Å². The normalized spacial score (nSPS) is 16.3. The molecule has 0 bridgehead atoms. The van der Waals surface area contributed by atoms with Crippen LogP contribution in [0.2, 0.25) is 0 Å². The lowest BCUT2D eigenvalue weighted by Gasteiger charge is -2.30. The van der Waals surface area contributed by atoms with Crippen LogP contribution in [0.25, 0.3) is 0 Å². The van der Waals surface area contributed by atoms with E-state index in [0.717, 1.165) is 12.1 Å². The molecule has 3 rings (SSSR count). The van der Waals surface area contributed by atoms with Gasteiger partial charge < -0.3 is 15.0 Å². The Kier molecular flexibility index (Phi) is 5.80.